The second kappa shape index (κ2) is 6.99. The smallest absolute Gasteiger partial charge is 0.187 e. The Bertz CT molecular complexity index is 537. The lowest BCUT2D eigenvalue weighted by Gasteiger charge is -2.25. The molecule has 118 valence electrons. The number of hydrogen-bond donors (Lipinski definition) is 1. The van der Waals surface area contributed by atoms with E-state index < -0.39 is 0 Å². The Labute approximate surface area is 132 Å². The minimum atomic E-state index is 0.0906. The summed E-state index contributed by atoms with van der Waals surface area (Å²) >= 11 is 0. The predicted octanol–water partition coefficient (Wildman–Crippen LogP) is 4.09. The molecule has 0 aliphatic heterocycles. The van der Waals surface area contributed by atoms with Gasteiger partial charge in [-0.15, -0.1) is 0 Å². The lowest BCUT2D eigenvalue weighted by Crippen LogP contribution is -2.31. The van der Waals surface area contributed by atoms with Crippen LogP contribution in [0.2, 0.25) is 0 Å². The molecule has 0 bridgehead atoms. The molecule has 0 amide bonds. The third-order valence-corrected chi connectivity index (χ3v) is 4.65. The van der Waals surface area contributed by atoms with Crippen molar-refractivity contribution in [3.63, 3.8) is 0 Å². The van der Waals surface area contributed by atoms with Crippen molar-refractivity contribution in [1.82, 2.24) is 5.32 Å². The first-order valence-electron chi connectivity index (χ1n) is 8.43. The summed E-state index contributed by atoms with van der Waals surface area (Å²) in [6.07, 6.45) is 10.7. The average molecular weight is 299 g/mol. The summed E-state index contributed by atoms with van der Waals surface area (Å²) in [7, 11) is 1.63. The van der Waals surface area contributed by atoms with E-state index >= 15 is 0 Å². The fraction of sp³-hybridized carbons (Fsp3) is 0.526. The first-order valence-corrected chi connectivity index (χ1v) is 8.43. The highest BCUT2D eigenvalue weighted by Gasteiger charge is 2.28. The Kier molecular flexibility index (Phi) is 4.81. The maximum absolute atomic E-state index is 12.5. The number of nitrogens with one attached hydrogen (secondary N) is 1. The molecule has 0 unspecified atom stereocenters. The van der Waals surface area contributed by atoms with E-state index in [1.54, 1.807) is 7.11 Å². The van der Waals surface area contributed by atoms with E-state index in [-0.39, 0.29) is 5.78 Å². The van der Waals surface area contributed by atoms with Gasteiger partial charge in [0.25, 0.3) is 0 Å². The Morgan fingerprint density at radius 3 is 2.36 bits per heavy atom. The van der Waals surface area contributed by atoms with Crippen molar-refractivity contribution < 1.29 is 9.53 Å². The van der Waals surface area contributed by atoms with Crippen LogP contribution < -0.4 is 10.1 Å². The van der Waals surface area contributed by atoms with Gasteiger partial charge in [-0.05, 0) is 55.9 Å². The Hall–Kier alpha value is -1.77. The molecule has 2 aliphatic carbocycles. The normalized spacial score (nSPS) is 19.8. The largest absolute Gasteiger partial charge is 0.497 e. The van der Waals surface area contributed by atoms with E-state index in [1.165, 1.54) is 44.9 Å². The molecule has 22 heavy (non-hydrogen) atoms. The first-order chi connectivity index (χ1) is 10.8. The molecule has 0 spiro atoms. The second-order valence-electron chi connectivity index (χ2n) is 6.45. The van der Waals surface area contributed by atoms with Gasteiger partial charge in [0.2, 0.25) is 0 Å². The molecule has 1 aromatic carbocycles. The Morgan fingerprint density at radius 1 is 1.09 bits per heavy atom. The first kappa shape index (κ1) is 15.1. The van der Waals surface area contributed by atoms with Gasteiger partial charge in [0.05, 0.1) is 7.11 Å². The quantitative estimate of drug-likeness (QED) is 0.635. The maximum atomic E-state index is 12.5. The molecule has 2 saturated carbocycles. The molecule has 0 radical (unpaired) electrons. The number of rotatable bonds is 6. The van der Waals surface area contributed by atoms with Crippen LogP contribution in [-0.2, 0) is 0 Å². The summed E-state index contributed by atoms with van der Waals surface area (Å²) < 4.78 is 5.14. The zero-order valence-corrected chi connectivity index (χ0v) is 13.3. The van der Waals surface area contributed by atoms with Gasteiger partial charge >= 0.3 is 0 Å². The fourth-order valence-electron chi connectivity index (χ4n) is 3.13. The predicted molar refractivity (Wildman–Crippen MR) is 88.1 cm³/mol. The lowest BCUT2D eigenvalue weighted by atomic mass is 9.95. The summed E-state index contributed by atoms with van der Waals surface area (Å²) in [6, 6.07) is 7.91. The van der Waals surface area contributed by atoms with Crippen molar-refractivity contribution in [2.45, 2.75) is 51.0 Å². The molecule has 0 heterocycles. The molecule has 2 fully saturated rings. The molecule has 0 atom stereocenters. The Morgan fingerprint density at radius 2 is 1.77 bits per heavy atom. The topological polar surface area (TPSA) is 38.3 Å². The standard InChI is InChI=1S/C19H25NO2/c1-22-17-11-9-15(10-12-17)19(21)13-18(14-7-8-14)20-16-5-3-2-4-6-16/h9-14,16,20H,2-8H2,1H3. The summed E-state index contributed by atoms with van der Waals surface area (Å²) in [5, 5.41) is 3.66. The van der Waals surface area contributed by atoms with E-state index in [9.17, 15) is 4.79 Å². The van der Waals surface area contributed by atoms with Crippen LogP contribution in [0.1, 0.15) is 55.3 Å². The minimum absolute atomic E-state index is 0.0906. The molecule has 0 aromatic heterocycles. The number of allylic oxidation sites excluding steroid dienone is 2. The van der Waals surface area contributed by atoms with Crippen LogP contribution >= 0.6 is 0 Å². The van der Waals surface area contributed by atoms with E-state index in [0.717, 1.165) is 17.0 Å². The molecule has 1 aromatic rings. The average Bonchev–Trinajstić information content (AvgIpc) is 3.40. The molecule has 3 nitrogen and oxygen atoms in total. The van der Waals surface area contributed by atoms with Crippen molar-refractivity contribution in [3.05, 3.63) is 41.6 Å². The van der Waals surface area contributed by atoms with Crippen LogP contribution in [0, 0.1) is 5.92 Å². The van der Waals surface area contributed by atoms with Gasteiger partial charge < -0.3 is 10.1 Å². The highest BCUT2D eigenvalue weighted by molar-refractivity contribution is 6.05. The summed E-state index contributed by atoms with van der Waals surface area (Å²) in [6.45, 7) is 0. The minimum Gasteiger partial charge on any atom is -0.497 e. The van der Waals surface area contributed by atoms with Crippen LogP contribution in [0.5, 0.6) is 5.75 Å². The highest BCUT2D eigenvalue weighted by Crippen LogP contribution is 2.36. The molecule has 1 N–H and O–H groups in total. The summed E-state index contributed by atoms with van der Waals surface area (Å²) in [5.41, 5.74) is 1.89. The van der Waals surface area contributed by atoms with Crippen molar-refractivity contribution in [3.8, 4) is 5.75 Å². The molecule has 3 heteroatoms. The second-order valence-corrected chi connectivity index (χ2v) is 6.45. The molecular formula is C19H25NO2. The van der Waals surface area contributed by atoms with Gasteiger partial charge in [-0.3, -0.25) is 4.79 Å². The zero-order chi connectivity index (χ0) is 15.4. The number of hydrogen-bond acceptors (Lipinski definition) is 3. The van der Waals surface area contributed by atoms with Gasteiger partial charge in [0.1, 0.15) is 5.75 Å². The van der Waals surface area contributed by atoms with Crippen molar-refractivity contribution in [2.24, 2.45) is 5.92 Å². The van der Waals surface area contributed by atoms with Gasteiger partial charge in [-0.1, -0.05) is 19.3 Å². The molecule has 2 aliphatic rings. The van der Waals surface area contributed by atoms with E-state index in [0.29, 0.717) is 12.0 Å². The molecular weight excluding hydrogens is 274 g/mol. The molecule has 0 saturated heterocycles. The number of carbonyl (C=O) groups is 1. The van der Waals surface area contributed by atoms with Crippen LogP contribution in [-0.4, -0.2) is 18.9 Å². The van der Waals surface area contributed by atoms with Gasteiger partial charge in [-0.25, -0.2) is 0 Å². The van der Waals surface area contributed by atoms with E-state index in [2.05, 4.69) is 5.32 Å². The number of ether oxygens (including phenoxy) is 1. The monoisotopic (exact) mass is 299 g/mol. The van der Waals surface area contributed by atoms with Crippen LogP contribution in [0.4, 0.5) is 0 Å². The molecule has 3 rings (SSSR count). The lowest BCUT2D eigenvalue weighted by molar-refractivity contribution is 0.104. The van der Waals surface area contributed by atoms with Gasteiger partial charge in [0.15, 0.2) is 5.78 Å². The Balaban J connectivity index is 1.69. The fourth-order valence-corrected chi connectivity index (χ4v) is 3.13. The zero-order valence-electron chi connectivity index (χ0n) is 13.3. The number of carbonyl (C=O) groups excluding carboxylic acids is 1. The maximum Gasteiger partial charge on any atom is 0.187 e. The third kappa shape index (κ3) is 3.90. The van der Waals surface area contributed by atoms with Gasteiger partial charge in [-0.2, -0.15) is 0 Å². The van der Waals surface area contributed by atoms with Crippen molar-refractivity contribution in [2.75, 3.05) is 7.11 Å². The number of methoxy groups -OCH3 is 1. The highest BCUT2D eigenvalue weighted by atomic mass is 16.5. The van der Waals surface area contributed by atoms with Crippen LogP contribution in [0.3, 0.4) is 0 Å². The summed E-state index contributed by atoms with van der Waals surface area (Å²) in [4.78, 5) is 12.5. The van der Waals surface area contributed by atoms with E-state index in [1.807, 2.05) is 30.3 Å². The number of ketones is 1. The number of benzene rings is 1. The third-order valence-electron chi connectivity index (χ3n) is 4.65. The van der Waals surface area contributed by atoms with E-state index in [4.69, 9.17) is 4.74 Å². The van der Waals surface area contributed by atoms with Crippen molar-refractivity contribution in [1.29, 1.82) is 0 Å². The SMILES string of the molecule is COc1ccc(C(=O)C=C(NC2CCCCC2)C2CC2)cc1. The van der Waals surface area contributed by atoms with Gasteiger partial charge in [0, 0.05) is 23.4 Å². The van der Waals surface area contributed by atoms with Crippen LogP contribution in [0.15, 0.2) is 36.0 Å². The van der Waals surface area contributed by atoms with Crippen LogP contribution in [0.25, 0.3) is 0 Å². The summed E-state index contributed by atoms with van der Waals surface area (Å²) in [5.74, 6) is 1.44. The van der Waals surface area contributed by atoms with Crippen molar-refractivity contribution >= 4 is 5.78 Å².